The molecule has 0 amide bonds. The van der Waals surface area contributed by atoms with Gasteiger partial charge in [-0.15, -0.1) is 0 Å². The van der Waals surface area contributed by atoms with E-state index in [2.05, 4.69) is 306 Å². The number of esters is 2. The van der Waals surface area contributed by atoms with Crippen LogP contribution in [-0.4, -0.2) is 52.7 Å². The zero-order valence-corrected chi connectivity index (χ0v) is 55.1. The summed E-state index contributed by atoms with van der Waals surface area (Å²) >= 11 is 0. The van der Waals surface area contributed by atoms with E-state index < -0.39 is 11.9 Å². The number of likely N-dealkylation sites (N-methyl/N-ethyl adjacent to an activating group) is 4. The molecule has 0 fully saturated rings. The normalized spacial score (nSPS) is 18.0. The predicted molar refractivity (Wildman–Crippen MR) is 364 cm³/mol. The number of rotatable bonds is 6. The second-order valence-electron chi connectivity index (χ2n) is 25.7. The number of hydrogen-bond acceptors (Lipinski definition) is 9. The Morgan fingerprint density at radius 1 is 0.416 bits per heavy atom. The predicted octanol–water partition coefficient (Wildman–Crippen LogP) is 13.7. The van der Waals surface area contributed by atoms with Crippen molar-refractivity contribution in [2.24, 2.45) is 21.1 Å². The third-order valence-electron chi connectivity index (χ3n) is 18.6. The van der Waals surface area contributed by atoms with Crippen LogP contribution in [0.3, 0.4) is 0 Å². The van der Waals surface area contributed by atoms with E-state index in [1.165, 1.54) is 108 Å². The summed E-state index contributed by atoms with van der Waals surface area (Å²) in [7, 11) is 14.7. The molecule has 0 spiro atoms. The first-order valence-electron chi connectivity index (χ1n) is 30.3. The number of nitrogens with zero attached hydrogens (tertiary/aromatic N) is 7. The molecule has 0 aliphatic carbocycles. The lowest BCUT2D eigenvalue weighted by Crippen LogP contribution is -2.28. The number of allylic oxidation sites excluding steroid dienone is 10. The van der Waals surface area contributed by atoms with Gasteiger partial charge in [0.1, 0.15) is 33.7 Å². The van der Waals surface area contributed by atoms with Crippen molar-refractivity contribution in [3.63, 3.8) is 0 Å². The third kappa shape index (κ3) is 11.9. The summed E-state index contributed by atoms with van der Waals surface area (Å²) in [4.78, 5) is 50.7. The molecule has 456 valence electrons. The molecule has 4 aliphatic heterocycles. The summed E-state index contributed by atoms with van der Waals surface area (Å²) in [5, 5.41) is 3.86. The van der Waals surface area contributed by atoms with Crippen molar-refractivity contribution in [2.45, 2.75) is 97.8 Å². The number of para-hydroxylation sites is 3. The van der Waals surface area contributed by atoms with Gasteiger partial charge in [-0.05, 0) is 113 Å². The summed E-state index contributed by atoms with van der Waals surface area (Å²) in [6.45, 7) is 22.5. The lowest BCUT2D eigenvalue weighted by atomic mass is 9.80. The first-order valence-corrected chi connectivity index (χ1v) is 30.3. The standard InChI is InChI=1S/C42H44N4.C20H24N2O2.C11H12N.C4H6O3/c1-41(2)33-27-38-34(28-37(33)45(7)39(41)21-13-15-29-23-25-43(5)35-19-11-9-17-31(29)35)42(3,4)40(46(38)8)22-14-16-30-24-26-44(6)36-20-12-10-18-32(30)36;1-19(2)13-11-16-14(12-15(13)21(5)17(19)7-9-23)20(3,4)18(8-10-24)22(16)6;1-9-7-8-12(2)11-6-4-3-5-10(9)11;1-3(5)7-4(2)6/h9-28H,1-8H3;7-12H,1-6H3;3-8H,1-2H3;1-2H3/q+2;;+1;/b;17-7-,18-8-;;. The van der Waals surface area contributed by atoms with Crippen LogP contribution >= 0.6 is 0 Å². The minimum atomic E-state index is -0.562. The SMILES string of the molecule is CC(=O)OC(C)=O.CN1/C(=C\C=O)C(C)(C)c2cc3c(cc21)C(C)(C)/C(=C/C=O)N3C.CN1C(=CC=Cc2cc[n+](C)c3ccccc23)C(C)(C)c2cc3c(cc21)C(C)(C)C(=CC=Cc1cc[n+](C)c2ccccc12)N3C.Cc1cc[n+](C)c2ccccc12. The third-order valence-corrected chi connectivity index (χ3v) is 18.6. The van der Waals surface area contributed by atoms with Gasteiger partial charge >= 0.3 is 11.9 Å². The first-order chi connectivity index (χ1) is 42.1. The van der Waals surface area contributed by atoms with Crippen LogP contribution in [0.2, 0.25) is 0 Å². The minimum absolute atomic E-state index is 0.128. The summed E-state index contributed by atoms with van der Waals surface area (Å²) in [5.41, 5.74) is 21.4. The lowest BCUT2D eigenvalue weighted by molar-refractivity contribution is -0.645. The van der Waals surface area contributed by atoms with Gasteiger partial charge in [-0.25, -0.2) is 13.7 Å². The monoisotopic (exact) mass is 1190 g/mol. The number of aldehydes is 2. The Kier molecular flexibility index (Phi) is 17.9. The topological polar surface area (TPSA) is 102 Å². The molecule has 0 atom stereocenters. The molecule has 8 aromatic rings. The zero-order chi connectivity index (χ0) is 64.7. The average molecular weight is 1190 g/mol. The van der Waals surface area contributed by atoms with Crippen LogP contribution in [0, 0.1) is 6.92 Å². The Bertz CT molecular complexity index is 4090. The van der Waals surface area contributed by atoms with Crippen molar-refractivity contribution in [1.29, 1.82) is 0 Å². The Morgan fingerprint density at radius 2 is 0.697 bits per heavy atom. The van der Waals surface area contributed by atoms with Gasteiger partial charge < -0.3 is 24.3 Å². The van der Waals surface area contributed by atoms with Crippen LogP contribution in [-0.2, 0) is 66.7 Å². The molecule has 0 N–H and O–H groups in total. The molecule has 0 saturated heterocycles. The van der Waals surface area contributed by atoms with Crippen LogP contribution in [0.5, 0.6) is 0 Å². The van der Waals surface area contributed by atoms with Crippen molar-refractivity contribution >= 4 is 92.1 Å². The van der Waals surface area contributed by atoms with Crippen LogP contribution in [0.4, 0.5) is 22.7 Å². The van der Waals surface area contributed by atoms with Crippen LogP contribution in [0.15, 0.2) is 193 Å². The summed E-state index contributed by atoms with van der Waals surface area (Å²) in [6.07, 6.45) is 24.9. The number of carbonyl (C=O) groups excluding carboxylic acids is 4. The van der Waals surface area contributed by atoms with E-state index in [0.29, 0.717) is 0 Å². The van der Waals surface area contributed by atoms with Crippen LogP contribution in [0.1, 0.15) is 108 Å². The Labute approximate surface area is 526 Å². The maximum atomic E-state index is 11.1. The molecule has 0 unspecified atom stereocenters. The van der Waals surface area contributed by atoms with E-state index in [-0.39, 0.29) is 21.7 Å². The summed E-state index contributed by atoms with van der Waals surface area (Å²) in [6, 6.07) is 41.5. The van der Waals surface area contributed by atoms with Crippen molar-refractivity contribution in [3.8, 4) is 0 Å². The Balaban J connectivity index is 0.000000180. The number of hydrogen-bond donors (Lipinski definition) is 0. The van der Waals surface area contributed by atoms with Gasteiger partial charge in [-0.2, -0.15) is 0 Å². The molecule has 7 heterocycles. The smallest absolute Gasteiger partial charge is 0.310 e. The molecular formula is C77H86N7O5+3. The number of pyridine rings is 3. The van der Waals surface area contributed by atoms with Crippen molar-refractivity contribution < 1.29 is 37.6 Å². The van der Waals surface area contributed by atoms with E-state index in [9.17, 15) is 19.2 Å². The molecule has 12 heteroatoms. The fourth-order valence-corrected chi connectivity index (χ4v) is 13.7. The fourth-order valence-electron chi connectivity index (χ4n) is 13.7. The number of anilines is 4. The molecular weight excluding hydrogens is 1100 g/mol. The van der Waals surface area contributed by atoms with E-state index in [0.717, 1.165) is 35.3 Å². The number of fused-ring (bicyclic) bond motifs is 7. The highest BCUT2D eigenvalue weighted by Crippen LogP contribution is 2.56. The van der Waals surface area contributed by atoms with Crippen molar-refractivity contribution in [1.82, 2.24) is 0 Å². The van der Waals surface area contributed by atoms with Gasteiger partial charge in [0.15, 0.2) is 18.6 Å². The van der Waals surface area contributed by atoms with Crippen LogP contribution < -0.4 is 33.3 Å². The number of benzene rings is 5. The van der Waals surface area contributed by atoms with Crippen molar-refractivity contribution in [2.75, 3.05) is 47.8 Å². The van der Waals surface area contributed by atoms with Crippen molar-refractivity contribution in [3.05, 3.63) is 232 Å². The molecule has 12 nitrogen and oxygen atoms in total. The summed E-state index contributed by atoms with van der Waals surface area (Å²) < 4.78 is 10.5. The van der Waals surface area contributed by atoms with Gasteiger partial charge in [0.05, 0.1) is 10.8 Å². The fraction of sp³-hybridized carbons (Fsp3) is 0.286. The Morgan fingerprint density at radius 3 is 0.989 bits per heavy atom. The Hall–Kier alpha value is -9.55. The number of aryl methyl sites for hydroxylation is 4. The molecule has 5 aromatic carbocycles. The van der Waals surface area contributed by atoms with Gasteiger partial charge in [-0.3, -0.25) is 19.2 Å². The highest BCUT2D eigenvalue weighted by Gasteiger charge is 2.46. The summed E-state index contributed by atoms with van der Waals surface area (Å²) in [5.74, 6) is -1.12. The average Bonchev–Trinajstić information content (AvgIpc) is 1.57. The number of ether oxygens (including phenoxy) is 1. The minimum Gasteiger partial charge on any atom is -0.394 e. The second kappa shape index (κ2) is 24.9. The van der Waals surface area contributed by atoms with E-state index >= 15 is 0 Å². The molecule has 4 aliphatic rings. The van der Waals surface area contributed by atoms with Gasteiger partial charge in [0.25, 0.3) is 0 Å². The molecule has 0 saturated carbocycles. The maximum absolute atomic E-state index is 11.1. The lowest BCUT2D eigenvalue weighted by Gasteiger charge is -2.25. The maximum Gasteiger partial charge on any atom is 0.310 e. The molecule has 89 heavy (non-hydrogen) atoms. The van der Waals surface area contributed by atoms with E-state index in [1.54, 1.807) is 12.2 Å². The zero-order valence-electron chi connectivity index (χ0n) is 55.1. The van der Waals surface area contributed by atoms with E-state index in [1.807, 2.05) is 14.1 Å². The highest BCUT2D eigenvalue weighted by atomic mass is 16.6. The quantitative estimate of drug-likeness (QED) is 0.0529. The largest absolute Gasteiger partial charge is 0.394 e. The molecule has 0 radical (unpaired) electrons. The number of carbonyl (C=O) groups is 4. The molecule has 12 rings (SSSR count). The molecule has 3 aromatic heterocycles. The number of aromatic nitrogens is 3. The van der Waals surface area contributed by atoms with E-state index in [4.69, 9.17) is 0 Å². The van der Waals surface area contributed by atoms with Gasteiger partial charge in [0, 0.05) is 151 Å². The van der Waals surface area contributed by atoms with Gasteiger partial charge in [0.2, 0.25) is 16.6 Å². The first kappa shape index (κ1) is 63.9. The molecule has 0 bridgehead atoms. The van der Waals surface area contributed by atoms with Gasteiger partial charge in [-0.1, -0.05) is 116 Å². The van der Waals surface area contributed by atoms with Crippen LogP contribution in [0.25, 0.3) is 44.9 Å². The highest BCUT2D eigenvalue weighted by molar-refractivity contribution is 5.89. The second-order valence-corrected chi connectivity index (χ2v) is 25.7.